The Balaban J connectivity index is 2.27. The largest absolute Gasteiger partial charge is 0.0845 e. The summed E-state index contributed by atoms with van der Waals surface area (Å²) in [6.45, 7) is 0. The van der Waals surface area contributed by atoms with E-state index < -0.39 is 0 Å². The number of allylic oxidation sites excluding steroid dienone is 2. The van der Waals surface area contributed by atoms with Gasteiger partial charge in [0.25, 0.3) is 0 Å². The van der Waals surface area contributed by atoms with Crippen molar-refractivity contribution in [2.45, 2.75) is 12.8 Å². The molecule has 0 aromatic rings. The van der Waals surface area contributed by atoms with Crippen LogP contribution in [0.25, 0.3) is 0 Å². The first-order valence-corrected chi connectivity index (χ1v) is 2.81. The van der Waals surface area contributed by atoms with Crippen molar-refractivity contribution >= 4 is 0 Å². The average Bonchev–Trinajstić information content (AvgIpc) is 2.22. The lowest BCUT2D eigenvalue weighted by Gasteiger charge is -1.95. The van der Waals surface area contributed by atoms with Crippen molar-refractivity contribution in [3.05, 3.63) is 24.5 Å². The highest BCUT2D eigenvalue weighted by Gasteiger charge is 2.26. The zero-order valence-electron chi connectivity index (χ0n) is 4.22. The van der Waals surface area contributed by atoms with E-state index in [1.54, 1.807) is 5.92 Å². The molecule has 36 valence electrons. The van der Waals surface area contributed by atoms with Gasteiger partial charge in [0.1, 0.15) is 0 Å². The fraction of sp³-hybridized carbons (Fsp3) is 0.429. The van der Waals surface area contributed by atoms with Crippen molar-refractivity contribution < 1.29 is 0 Å². The summed E-state index contributed by atoms with van der Waals surface area (Å²) >= 11 is 0. The highest BCUT2D eigenvalue weighted by molar-refractivity contribution is 5.29. The molecule has 1 atom stereocenters. The summed E-state index contributed by atoms with van der Waals surface area (Å²) in [5.41, 5.74) is 0. The molecule has 0 heterocycles. The smallest absolute Gasteiger partial charge is 0.00183 e. The molecule has 0 heteroatoms. The summed E-state index contributed by atoms with van der Waals surface area (Å²) in [6, 6.07) is 0. The van der Waals surface area contributed by atoms with Crippen molar-refractivity contribution in [3.63, 3.8) is 0 Å². The van der Waals surface area contributed by atoms with E-state index in [2.05, 4.69) is 18.6 Å². The third-order valence-corrected chi connectivity index (χ3v) is 1.76. The number of fused-ring (bicyclic) bond motifs is 2. The average molecular weight is 92.1 g/mol. The first-order chi connectivity index (χ1) is 3.45. The van der Waals surface area contributed by atoms with E-state index in [1.165, 1.54) is 12.8 Å². The van der Waals surface area contributed by atoms with Gasteiger partial charge in [-0.1, -0.05) is 12.2 Å². The molecule has 2 aliphatic rings. The molecule has 0 N–H and O–H groups in total. The van der Waals surface area contributed by atoms with E-state index >= 15 is 0 Å². The Morgan fingerprint density at radius 2 is 2.57 bits per heavy atom. The molecule has 0 aromatic carbocycles. The molecule has 1 saturated carbocycles. The minimum Gasteiger partial charge on any atom is -0.0845 e. The minimum absolute atomic E-state index is 0.829. The fourth-order valence-electron chi connectivity index (χ4n) is 1.31. The Hall–Kier alpha value is -0.260. The molecule has 0 saturated heterocycles. The summed E-state index contributed by atoms with van der Waals surface area (Å²) < 4.78 is 0. The van der Waals surface area contributed by atoms with E-state index in [4.69, 9.17) is 0 Å². The Kier molecular flexibility index (Phi) is 0.592. The van der Waals surface area contributed by atoms with Gasteiger partial charge in [0.2, 0.25) is 0 Å². The van der Waals surface area contributed by atoms with Crippen LogP contribution < -0.4 is 0 Å². The lowest BCUT2D eigenvalue weighted by Crippen LogP contribution is -1.83. The SMILES string of the molecule is [CH]1C[C]2C=CC1C2. The molecular weight excluding hydrogens is 84.1 g/mol. The van der Waals surface area contributed by atoms with E-state index in [1.807, 2.05) is 0 Å². The Labute approximate surface area is 44.2 Å². The molecule has 2 aliphatic carbocycles. The van der Waals surface area contributed by atoms with Crippen molar-refractivity contribution in [1.82, 2.24) is 0 Å². The van der Waals surface area contributed by atoms with Crippen LogP contribution in [0.4, 0.5) is 0 Å². The summed E-state index contributed by atoms with van der Waals surface area (Å²) in [5.74, 6) is 2.46. The third-order valence-electron chi connectivity index (χ3n) is 1.76. The van der Waals surface area contributed by atoms with Crippen molar-refractivity contribution in [1.29, 1.82) is 0 Å². The summed E-state index contributed by atoms with van der Waals surface area (Å²) in [4.78, 5) is 0. The molecule has 0 aliphatic heterocycles. The molecule has 2 rings (SSSR count). The van der Waals surface area contributed by atoms with Crippen LogP contribution in [0, 0.1) is 18.3 Å². The van der Waals surface area contributed by atoms with Crippen LogP contribution in [0.15, 0.2) is 12.2 Å². The molecule has 1 unspecified atom stereocenters. The predicted molar refractivity (Wildman–Crippen MR) is 29.4 cm³/mol. The van der Waals surface area contributed by atoms with E-state index in [0.717, 1.165) is 5.92 Å². The van der Waals surface area contributed by atoms with Crippen molar-refractivity contribution in [3.8, 4) is 0 Å². The van der Waals surface area contributed by atoms with Crippen LogP contribution in [0.2, 0.25) is 0 Å². The molecule has 7 heavy (non-hydrogen) atoms. The second-order valence-corrected chi connectivity index (χ2v) is 2.33. The Morgan fingerprint density at radius 3 is 2.71 bits per heavy atom. The number of hydrogen-bond donors (Lipinski definition) is 0. The standard InChI is InChI=1S/C7H8/c1-2-7-4-3-6(1)5-7/h1-3,6H,4-5H2. The third kappa shape index (κ3) is 0.425. The summed E-state index contributed by atoms with van der Waals surface area (Å²) in [7, 11) is 0. The first-order valence-electron chi connectivity index (χ1n) is 2.81. The zero-order chi connectivity index (χ0) is 4.69. The van der Waals surface area contributed by atoms with Gasteiger partial charge in [-0.25, -0.2) is 0 Å². The van der Waals surface area contributed by atoms with Gasteiger partial charge < -0.3 is 0 Å². The van der Waals surface area contributed by atoms with E-state index in [0.29, 0.717) is 0 Å². The summed E-state index contributed by atoms with van der Waals surface area (Å²) in [6.07, 6.45) is 9.54. The topological polar surface area (TPSA) is 0 Å². The predicted octanol–water partition coefficient (Wildman–Crippen LogP) is 1.74. The van der Waals surface area contributed by atoms with Gasteiger partial charge in [-0.3, -0.25) is 0 Å². The fourth-order valence-corrected chi connectivity index (χ4v) is 1.31. The number of rotatable bonds is 0. The highest BCUT2D eigenvalue weighted by Crippen LogP contribution is 2.39. The van der Waals surface area contributed by atoms with Crippen molar-refractivity contribution in [2.24, 2.45) is 5.92 Å². The quantitative estimate of drug-likeness (QED) is 0.427. The van der Waals surface area contributed by atoms with Gasteiger partial charge >= 0.3 is 0 Å². The van der Waals surface area contributed by atoms with Gasteiger partial charge in [0, 0.05) is 0 Å². The van der Waals surface area contributed by atoms with Crippen LogP contribution in [-0.4, -0.2) is 0 Å². The van der Waals surface area contributed by atoms with Gasteiger partial charge in [-0.2, -0.15) is 0 Å². The molecule has 1 fully saturated rings. The van der Waals surface area contributed by atoms with Gasteiger partial charge in [0.15, 0.2) is 0 Å². The van der Waals surface area contributed by atoms with Crippen LogP contribution in [0.3, 0.4) is 0 Å². The molecule has 0 aromatic heterocycles. The van der Waals surface area contributed by atoms with Crippen LogP contribution >= 0.6 is 0 Å². The molecule has 0 spiro atoms. The lowest BCUT2D eigenvalue weighted by molar-refractivity contribution is 0.836. The van der Waals surface area contributed by atoms with E-state index in [-0.39, 0.29) is 0 Å². The maximum atomic E-state index is 2.38. The maximum absolute atomic E-state index is 2.38. The second kappa shape index (κ2) is 1.12. The molecule has 0 amide bonds. The second-order valence-electron chi connectivity index (χ2n) is 2.33. The Morgan fingerprint density at radius 1 is 1.57 bits per heavy atom. The van der Waals surface area contributed by atoms with Crippen LogP contribution in [-0.2, 0) is 0 Å². The van der Waals surface area contributed by atoms with Crippen LogP contribution in [0.5, 0.6) is 0 Å². The van der Waals surface area contributed by atoms with Gasteiger partial charge in [-0.05, 0) is 31.1 Å². The summed E-state index contributed by atoms with van der Waals surface area (Å²) in [5, 5.41) is 0. The minimum atomic E-state index is 0.829. The van der Waals surface area contributed by atoms with E-state index in [9.17, 15) is 0 Å². The van der Waals surface area contributed by atoms with Gasteiger partial charge in [0.05, 0.1) is 0 Å². The Bertz CT molecular complexity index is 90.6. The normalized spacial score (nSPS) is 38.0. The maximum Gasteiger partial charge on any atom is -0.00183 e. The molecular formula is C7H8. The van der Waals surface area contributed by atoms with Crippen molar-refractivity contribution in [2.75, 3.05) is 0 Å². The number of hydrogen-bond acceptors (Lipinski definition) is 0. The molecule has 0 nitrogen and oxygen atoms in total. The lowest BCUT2D eigenvalue weighted by atomic mass is 10.1. The molecule has 2 radical (unpaired) electrons. The molecule has 2 bridgehead atoms. The zero-order valence-corrected chi connectivity index (χ0v) is 4.22. The van der Waals surface area contributed by atoms with Gasteiger partial charge in [-0.15, -0.1) is 0 Å². The van der Waals surface area contributed by atoms with Crippen LogP contribution in [0.1, 0.15) is 12.8 Å². The highest BCUT2D eigenvalue weighted by atomic mass is 14.3. The first kappa shape index (κ1) is 3.71. The monoisotopic (exact) mass is 92.1 g/mol.